The number of β-amino-alcohol motifs (C(OH)–C–C–N with tert-alkyl or cyclic N) is 1. The van der Waals surface area contributed by atoms with Crippen molar-refractivity contribution in [2.24, 2.45) is 5.92 Å². The number of nitrogens with one attached hydrogen (secondary N) is 1. The highest BCUT2D eigenvalue weighted by Crippen LogP contribution is 2.25. The average Bonchev–Trinajstić information content (AvgIpc) is 3.13. The lowest BCUT2D eigenvalue weighted by molar-refractivity contribution is 0.0693. The standard InChI is InChI=1S/C18H23N3O4/c1-11-5-14(20-19-11)7-13-9-21(10-16(13)22)8-12-3-4-17(25-2)15(6-12)18(23)24/h3-6,13,16,22H,7-10H2,1-2H3,(H,19,20)(H,23,24)/t13-,16+/m1/s1. The Morgan fingerprint density at radius 3 is 2.84 bits per heavy atom. The van der Waals surface area contributed by atoms with Crippen molar-refractivity contribution in [1.29, 1.82) is 0 Å². The first kappa shape index (κ1) is 17.4. The molecule has 1 aromatic heterocycles. The van der Waals surface area contributed by atoms with Crippen LogP contribution in [0.2, 0.25) is 0 Å². The molecule has 1 aromatic carbocycles. The molecular weight excluding hydrogens is 322 g/mol. The first-order valence-electron chi connectivity index (χ1n) is 8.27. The van der Waals surface area contributed by atoms with Gasteiger partial charge in [0.15, 0.2) is 0 Å². The Labute approximate surface area is 146 Å². The van der Waals surface area contributed by atoms with Gasteiger partial charge in [-0.05, 0) is 37.1 Å². The van der Waals surface area contributed by atoms with Crippen molar-refractivity contribution in [1.82, 2.24) is 15.1 Å². The van der Waals surface area contributed by atoms with E-state index in [1.54, 1.807) is 12.1 Å². The van der Waals surface area contributed by atoms with Gasteiger partial charge < -0.3 is 14.9 Å². The lowest BCUT2D eigenvalue weighted by Crippen LogP contribution is -2.21. The zero-order chi connectivity index (χ0) is 18.0. The number of carbonyl (C=O) groups is 1. The summed E-state index contributed by atoms with van der Waals surface area (Å²) in [5.41, 5.74) is 3.02. The molecule has 0 bridgehead atoms. The van der Waals surface area contributed by atoms with Gasteiger partial charge >= 0.3 is 5.97 Å². The quantitative estimate of drug-likeness (QED) is 0.733. The van der Waals surface area contributed by atoms with Crippen LogP contribution >= 0.6 is 0 Å². The fourth-order valence-electron chi connectivity index (χ4n) is 3.40. The fourth-order valence-corrected chi connectivity index (χ4v) is 3.40. The fraction of sp³-hybridized carbons (Fsp3) is 0.444. The van der Waals surface area contributed by atoms with Crippen molar-refractivity contribution in [3.8, 4) is 5.75 Å². The molecule has 0 spiro atoms. The summed E-state index contributed by atoms with van der Waals surface area (Å²) in [6.45, 7) is 3.87. The van der Waals surface area contributed by atoms with E-state index < -0.39 is 12.1 Å². The zero-order valence-corrected chi connectivity index (χ0v) is 14.4. The SMILES string of the molecule is COc1ccc(CN2C[C@@H](Cc3cc(C)[nH]n3)[C@@H](O)C2)cc1C(=O)O. The van der Waals surface area contributed by atoms with Gasteiger partial charge in [-0.25, -0.2) is 4.79 Å². The number of aromatic amines is 1. The predicted molar refractivity (Wildman–Crippen MR) is 91.8 cm³/mol. The highest BCUT2D eigenvalue weighted by Gasteiger charge is 2.31. The lowest BCUT2D eigenvalue weighted by atomic mass is 10.0. The molecule has 0 aliphatic carbocycles. The van der Waals surface area contributed by atoms with Crippen LogP contribution < -0.4 is 4.74 Å². The molecule has 2 heterocycles. The molecule has 0 saturated carbocycles. The van der Waals surface area contributed by atoms with Crippen LogP contribution in [0.3, 0.4) is 0 Å². The summed E-state index contributed by atoms with van der Waals surface area (Å²) < 4.78 is 5.09. The van der Waals surface area contributed by atoms with Crippen molar-refractivity contribution in [2.75, 3.05) is 20.2 Å². The minimum Gasteiger partial charge on any atom is -0.496 e. The maximum atomic E-state index is 11.3. The van der Waals surface area contributed by atoms with Crippen molar-refractivity contribution in [2.45, 2.75) is 26.0 Å². The molecule has 0 unspecified atom stereocenters. The Morgan fingerprint density at radius 2 is 2.20 bits per heavy atom. The third kappa shape index (κ3) is 4.00. The summed E-state index contributed by atoms with van der Waals surface area (Å²) in [5.74, 6) is -0.531. The lowest BCUT2D eigenvalue weighted by Gasteiger charge is -2.16. The molecule has 2 aromatic rings. The Bertz CT molecular complexity index is 759. The molecule has 1 aliphatic heterocycles. The van der Waals surface area contributed by atoms with Gasteiger partial charge in [0.25, 0.3) is 0 Å². The maximum Gasteiger partial charge on any atom is 0.339 e. The molecule has 0 radical (unpaired) electrons. The monoisotopic (exact) mass is 345 g/mol. The predicted octanol–water partition coefficient (Wildman–Crippen LogP) is 1.46. The first-order chi connectivity index (χ1) is 12.0. The van der Waals surface area contributed by atoms with Gasteiger partial charge in [0, 0.05) is 31.2 Å². The van der Waals surface area contributed by atoms with Gasteiger partial charge in [-0.1, -0.05) is 6.07 Å². The Hall–Kier alpha value is -2.38. The highest BCUT2D eigenvalue weighted by atomic mass is 16.5. The summed E-state index contributed by atoms with van der Waals surface area (Å²) in [4.78, 5) is 13.5. The average molecular weight is 345 g/mol. The second kappa shape index (κ2) is 7.25. The molecule has 3 N–H and O–H groups in total. The number of ether oxygens (including phenoxy) is 1. The summed E-state index contributed by atoms with van der Waals surface area (Å²) in [6, 6.07) is 7.17. The zero-order valence-electron chi connectivity index (χ0n) is 14.4. The van der Waals surface area contributed by atoms with Gasteiger partial charge in [0.1, 0.15) is 11.3 Å². The van der Waals surface area contributed by atoms with E-state index in [2.05, 4.69) is 15.1 Å². The number of aliphatic hydroxyl groups is 1. The molecule has 7 heteroatoms. The number of carboxylic acids is 1. The smallest absolute Gasteiger partial charge is 0.339 e. The normalized spacial score (nSPS) is 20.8. The number of nitrogens with zero attached hydrogens (tertiary/aromatic N) is 2. The minimum absolute atomic E-state index is 0.125. The molecular formula is C18H23N3O4. The molecule has 1 saturated heterocycles. The number of carboxylic acid groups (broad SMARTS) is 1. The summed E-state index contributed by atoms with van der Waals surface area (Å²) in [7, 11) is 1.46. The van der Waals surface area contributed by atoms with E-state index in [1.807, 2.05) is 19.1 Å². The number of aliphatic hydroxyl groups excluding tert-OH is 1. The molecule has 25 heavy (non-hydrogen) atoms. The largest absolute Gasteiger partial charge is 0.496 e. The minimum atomic E-state index is -1.01. The van der Waals surface area contributed by atoms with E-state index in [1.165, 1.54) is 7.11 Å². The van der Waals surface area contributed by atoms with Gasteiger partial charge in [0.05, 0.1) is 18.9 Å². The molecule has 0 amide bonds. The topological polar surface area (TPSA) is 98.7 Å². The molecule has 1 fully saturated rings. The Balaban J connectivity index is 1.66. The van der Waals surface area contributed by atoms with Crippen molar-refractivity contribution in [3.63, 3.8) is 0 Å². The summed E-state index contributed by atoms with van der Waals surface area (Å²) in [6.07, 6.45) is 0.319. The number of aryl methyl sites for hydroxylation is 1. The van der Waals surface area contributed by atoms with Crippen LogP contribution in [0, 0.1) is 12.8 Å². The molecule has 2 atom stereocenters. The molecule has 3 rings (SSSR count). The van der Waals surface area contributed by atoms with Crippen LogP contribution in [0.4, 0.5) is 0 Å². The van der Waals surface area contributed by atoms with Crippen LogP contribution in [0.25, 0.3) is 0 Å². The van der Waals surface area contributed by atoms with E-state index in [9.17, 15) is 15.0 Å². The van der Waals surface area contributed by atoms with Crippen molar-refractivity contribution < 1.29 is 19.7 Å². The van der Waals surface area contributed by atoms with Gasteiger partial charge in [-0.2, -0.15) is 5.10 Å². The summed E-state index contributed by atoms with van der Waals surface area (Å²) in [5, 5.41) is 26.8. The number of aromatic carboxylic acids is 1. The Kier molecular flexibility index (Phi) is 5.06. The third-order valence-corrected chi connectivity index (χ3v) is 4.61. The number of benzene rings is 1. The van der Waals surface area contributed by atoms with Crippen LogP contribution in [-0.4, -0.2) is 57.6 Å². The van der Waals surface area contributed by atoms with E-state index in [-0.39, 0.29) is 11.5 Å². The number of methoxy groups -OCH3 is 1. The number of hydrogen-bond donors (Lipinski definition) is 3. The number of likely N-dealkylation sites (tertiary alicyclic amines) is 1. The molecule has 1 aliphatic rings. The number of H-pyrrole nitrogens is 1. The molecule has 134 valence electrons. The highest BCUT2D eigenvalue weighted by molar-refractivity contribution is 5.91. The van der Waals surface area contributed by atoms with Crippen LogP contribution in [0.1, 0.15) is 27.3 Å². The van der Waals surface area contributed by atoms with Crippen molar-refractivity contribution in [3.05, 3.63) is 46.8 Å². The number of hydrogen-bond acceptors (Lipinski definition) is 5. The second-order valence-corrected chi connectivity index (χ2v) is 6.61. The van der Waals surface area contributed by atoms with E-state index in [4.69, 9.17) is 4.74 Å². The third-order valence-electron chi connectivity index (χ3n) is 4.61. The van der Waals surface area contributed by atoms with Gasteiger partial charge in [-0.3, -0.25) is 10.00 Å². The van der Waals surface area contributed by atoms with Crippen molar-refractivity contribution >= 4 is 5.97 Å². The van der Waals surface area contributed by atoms with E-state index in [0.29, 0.717) is 18.8 Å². The maximum absolute atomic E-state index is 11.3. The second-order valence-electron chi connectivity index (χ2n) is 6.61. The Morgan fingerprint density at radius 1 is 1.40 bits per heavy atom. The number of rotatable bonds is 6. The van der Waals surface area contributed by atoms with E-state index >= 15 is 0 Å². The van der Waals surface area contributed by atoms with Crippen LogP contribution in [0.5, 0.6) is 5.75 Å². The number of aromatic nitrogens is 2. The first-order valence-corrected chi connectivity index (χ1v) is 8.27. The van der Waals surface area contributed by atoms with E-state index in [0.717, 1.165) is 29.9 Å². The van der Waals surface area contributed by atoms with Gasteiger partial charge in [0.2, 0.25) is 0 Å². The molecule has 7 nitrogen and oxygen atoms in total. The van der Waals surface area contributed by atoms with Gasteiger partial charge in [-0.15, -0.1) is 0 Å². The summed E-state index contributed by atoms with van der Waals surface area (Å²) >= 11 is 0. The van der Waals surface area contributed by atoms with Crippen LogP contribution in [-0.2, 0) is 13.0 Å². The van der Waals surface area contributed by atoms with Crippen LogP contribution in [0.15, 0.2) is 24.3 Å².